The van der Waals surface area contributed by atoms with Gasteiger partial charge in [0.1, 0.15) is 23.9 Å². The zero-order valence-electron chi connectivity index (χ0n) is 23.7. The summed E-state index contributed by atoms with van der Waals surface area (Å²) in [6.07, 6.45) is -0.207. The number of nitrogens with one attached hydrogen (secondary N) is 2. The molecule has 3 aromatic carbocycles. The minimum atomic E-state index is -1.41. The van der Waals surface area contributed by atoms with Crippen molar-refractivity contribution in [3.63, 3.8) is 0 Å². The van der Waals surface area contributed by atoms with Crippen molar-refractivity contribution < 1.29 is 33.8 Å². The van der Waals surface area contributed by atoms with Crippen LogP contribution in [0.25, 0.3) is 10.9 Å². The summed E-state index contributed by atoms with van der Waals surface area (Å²) in [7, 11) is 1.56. The summed E-state index contributed by atoms with van der Waals surface area (Å²) in [5.41, 5.74) is 8.49. The average Bonchev–Trinajstić information content (AvgIpc) is 3.51. The highest BCUT2D eigenvalue weighted by atomic mass is 16.5. The van der Waals surface area contributed by atoms with Crippen LogP contribution in [0, 0.1) is 0 Å². The number of fused-ring (bicyclic) bond motifs is 4. The van der Waals surface area contributed by atoms with E-state index in [1.54, 1.807) is 31.4 Å². The van der Waals surface area contributed by atoms with Crippen LogP contribution in [0.3, 0.4) is 0 Å². The molecule has 0 radical (unpaired) electrons. The molecule has 6 rings (SSSR count). The number of imide groups is 1. The van der Waals surface area contributed by atoms with Crippen LogP contribution in [0.1, 0.15) is 46.1 Å². The van der Waals surface area contributed by atoms with Gasteiger partial charge < -0.3 is 25.9 Å². The van der Waals surface area contributed by atoms with Gasteiger partial charge >= 0.3 is 12.0 Å². The molecule has 12 nitrogen and oxygen atoms in total. The van der Waals surface area contributed by atoms with Crippen molar-refractivity contribution in [2.45, 2.75) is 37.4 Å². The maximum atomic E-state index is 14.3. The number of rotatable bonds is 9. The molecule has 0 aliphatic carbocycles. The number of ether oxygens (including phenoxy) is 1. The van der Waals surface area contributed by atoms with Crippen LogP contribution < -0.4 is 20.7 Å². The van der Waals surface area contributed by atoms with Crippen LogP contribution in [-0.4, -0.2) is 63.9 Å². The Morgan fingerprint density at radius 3 is 2.45 bits per heavy atom. The number of primary amides is 1. The number of amides is 5. The van der Waals surface area contributed by atoms with Gasteiger partial charge in [-0.2, -0.15) is 0 Å². The fourth-order valence-corrected chi connectivity index (χ4v) is 6.07. The highest BCUT2D eigenvalue weighted by Crippen LogP contribution is 2.45. The summed E-state index contributed by atoms with van der Waals surface area (Å²) in [5.74, 6) is -2.74. The molecule has 4 aromatic rings. The van der Waals surface area contributed by atoms with Gasteiger partial charge in [-0.1, -0.05) is 42.5 Å². The van der Waals surface area contributed by atoms with Crippen molar-refractivity contribution in [2.24, 2.45) is 5.73 Å². The Kier molecular flexibility index (Phi) is 7.25. The molecule has 0 saturated carbocycles. The summed E-state index contributed by atoms with van der Waals surface area (Å²) in [5, 5.41) is 12.9. The first-order chi connectivity index (χ1) is 21.2. The van der Waals surface area contributed by atoms with Crippen molar-refractivity contribution in [1.29, 1.82) is 0 Å². The van der Waals surface area contributed by atoms with Gasteiger partial charge in [-0.05, 0) is 47.9 Å². The lowest BCUT2D eigenvalue weighted by molar-refractivity contribution is -0.139. The number of urea groups is 1. The molecule has 5 N–H and O–H groups in total. The number of para-hydroxylation sites is 2. The number of benzene rings is 3. The molecule has 2 aliphatic rings. The van der Waals surface area contributed by atoms with Crippen LogP contribution >= 0.6 is 0 Å². The molecule has 3 heterocycles. The number of carbonyl (C=O) groups excluding carboxylic acids is 4. The number of aliphatic carboxylic acids is 1. The molecule has 5 amide bonds. The SMILES string of the molecule is COc1ccc(C2c3[nH]c4ccccc4c3CC3C(=O)N(c4ccccc4C(=O)NC(CCC(N)=O)C(=O)O)C(=O)N32)cc1. The third-order valence-electron chi connectivity index (χ3n) is 8.15. The Balaban J connectivity index is 1.40. The van der Waals surface area contributed by atoms with Crippen LogP contribution in [0.2, 0.25) is 0 Å². The topological polar surface area (TPSA) is 175 Å². The minimum Gasteiger partial charge on any atom is -0.497 e. The van der Waals surface area contributed by atoms with E-state index in [-0.39, 0.29) is 30.5 Å². The standard InChI is InChI=1S/C32H29N5O7/c1-44-18-12-10-17(11-13-18)28-27-21(19-6-2-4-8-22(19)34-27)16-25-30(40)37(32(43)36(25)28)24-9-5-3-7-20(24)29(39)35-23(31(41)42)14-15-26(33)38/h2-13,23,25,28,34H,14-16H2,1H3,(H2,33,38)(H,35,39)(H,41,42). The molecule has 2 aliphatic heterocycles. The summed E-state index contributed by atoms with van der Waals surface area (Å²) >= 11 is 0. The second-order valence-corrected chi connectivity index (χ2v) is 10.7. The predicted octanol–water partition coefficient (Wildman–Crippen LogP) is 3.11. The number of nitrogens with two attached hydrogens (primary N) is 1. The Morgan fingerprint density at radius 1 is 1.05 bits per heavy atom. The first-order valence-electron chi connectivity index (χ1n) is 14.0. The summed E-state index contributed by atoms with van der Waals surface area (Å²) in [6.45, 7) is 0. The molecule has 1 saturated heterocycles. The lowest BCUT2D eigenvalue weighted by Gasteiger charge is -2.36. The lowest BCUT2D eigenvalue weighted by Crippen LogP contribution is -2.44. The van der Waals surface area contributed by atoms with Gasteiger partial charge in [0.2, 0.25) is 5.91 Å². The molecule has 0 bridgehead atoms. The first-order valence-corrected chi connectivity index (χ1v) is 14.0. The van der Waals surface area contributed by atoms with E-state index < -0.39 is 47.8 Å². The Hall–Kier alpha value is -5.65. The zero-order chi connectivity index (χ0) is 31.1. The van der Waals surface area contributed by atoms with Gasteiger partial charge in [-0.25, -0.2) is 14.5 Å². The van der Waals surface area contributed by atoms with E-state index in [1.165, 1.54) is 17.0 Å². The molecule has 0 spiro atoms. The second-order valence-electron chi connectivity index (χ2n) is 10.7. The molecule has 1 fully saturated rings. The van der Waals surface area contributed by atoms with Gasteiger partial charge in [0.15, 0.2) is 0 Å². The van der Waals surface area contributed by atoms with E-state index in [2.05, 4.69) is 10.3 Å². The number of hydrogen-bond acceptors (Lipinski definition) is 6. The number of aromatic amines is 1. The summed E-state index contributed by atoms with van der Waals surface area (Å²) in [4.78, 5) is 70.8. The molecule has 224 valence electrons. The summed E-state index contributed by atoms with van der Waals surface area (Å²) in [6, 6.07) is 17.5. The average molecular weight is 596 g/mol. The van der Waals surface area contributed by atoms with Gasteiger partial charge in [-0.15, -0.1) is 0 Å². The van der Waals surface area contributed by atoms with Crippen LogP contribution in [-0.2, 0) is 20.8 Å². The number of carboxylic acids is 1. The fourth-order valence-electron chi connectivity index (χ4n) is 6.07. The van der Waals surface area contributed by atoms with Crippen LogP contribution in [0.4, 0.5) is 10.5 Å². The Labute approximate surface area is 251 Å². The zero-order valence-corrected chi connectivity index (χ0v) is 23.7. The normalized spacial score (nSPS) is 18.1. The highest BCUT2D eigenvalue weighted by Gasteiger charge is 2.53. The Bertz CT molecular complexity index is 1820. The fraction of sp³-hybridized carbons (Fsp3) is 0.219. The molecule has 12 heteroatoms. The molecular weight excluding hydrogens is 566 g/mol. The number of methoxy groups -OCH3 is 1. The van der Waals surface area contributed by atoms with Crippen molar-refractivity contribution in [1.82, 2.24) is 15.2 Å². The number of hydrogen-bond donors (Lipinski definition) is 4. The third kappa shape index (κ3) is 4.79. The van der Waals surface area contributed by atoms with E-state index in [9.17, 15) is 29.1 Å². The Morgan fingerprint density at radius 2 is 1.75 bits per heavy atom. The largest absolute Gasteiger partial charge is 0.497 e. The number of H-pyrrole nitrogens is 1. The van der Waals surface area contributed by atoms with E-state index in [1.807, 2.05) is 36.4 Å². The quantitative estimate of drug-likeness (QED) is 0.215. The lowest BCUT2D eigenvalue weighted by atomic mass is 9.89. The number of carboxylic acid groups (broad SMARTS) is 1. The van der Waals surface area contributed by atoms with E-state index >= 15 is 0 Å². The number of anilines is 1. The molecule has 44 heavy (non-hydrogen) atoms. The highest BCUT2D eigenvalue weighted by molar-refractivity contribution is 6.24. The van der Waals surface area contributed by atoms with Gasteiger partial charge in [0.05, 0.1) is 18.4 Å². The first kappa shape index (κ1) is 28.5. The van der Waals surface area contributed by atoms with Crippen LogP contribution in [0.15, 0.2) is 72.8 Å². The monoisotopic (exact) mass is 595 g/mol. The molecule has 1 aromatic heterocycles. The molecule has 3 atom stereocenters. The molecular formula is C32H29N5O7. The minimum absolute atomic E-state index is 0.0236. The van der Waals surface area contributed by atoms with E-state index in [0.29, 0.717) is 5.75 Å². The van der Waals surface area contributed by atoms with Crippen molar-refractivity contribution >= 4 is 46.3 Å². The predicted molar refractivity (Wildman–Crippen MR) is 159 cm³/mol. The second kappa shape index (κ2) is 11.2. The maximum absolute atomic E-state index is 14.3. The van der Waals surface area contributed by atoms with E-state index in [0.717, 1.165) is 32.6 Å². The van der Waals surface area contributed by atoms with Gasteiger partial charge in [-0.3, -0.25) is 19.3 Å². The van der Waals surface area contributed by atoms with Crippen molar-refractivity contribution in [3.8, 4) is 5.75 Å². The number of carbonyl (C=O) groups is 5. The third-order valence-corrected chi connectivity index (χ3v) is 8.15. The van der Waals surface area contributed by atoms with E-state index in [4.69, 9.17) is 10.5 Å². The smallest absolute Gasteiger partial charge is 0.332 e. The number of nitrogens with zero attached hydrogens (tertiary/aromatic N) is 2. The number of aromatic nitrogens is 1. The maximum Gasteiger partial charge on any atom is 0.332 e. The van der Waals surface area contributed by atoms with Crippen molar-refractivity contribution in [2.75, 3.05) is 12.0 Å². The van der Waals surface area contributed by atoms with Crippen LogP contribution in [0.5, 0.6) is 5.75 Å². The summed E-state index contributed by atoms with van der Waals surface area (Å²) < 4.78 is 5.33. The van der Waals surface area contributed by atoms with Gasteiger partial charge in [0, 0.05) is 29.4 Å². The van der Waals surface area contributed by atoms with Gasteiger partial charge in [0.25, 0.3) is 11.8 Å². The van der Waals surface area contributed by atoms with Crippen molar-refractivity contribution in [3.05, 3.63) is 95.2 Å². The molecule has 3 unspecified atom stereocenters.